The van der Waals surface area contributed by atoms with Gasteiger partial charge in [0.15, 0.2) is 0 Å². The van der Waals surface area contributed by atoms with Crippen LogP contribution < -0.4 is 10.6 Å². The number of hydrogen-bond donors (Lipinski definition) is 2. The fourth-order valence-electron chi connectivity index (χ4n) is 2.89. The van der Waals surface area contributed by atoms with Gasteiger partial charge in [0.1, 0.15) is 0 Å². The summed E-state index contributed by atoms with van der Waals surface area (Å²) in [5.41, 5.74) is 0.204. The van der Waals surface area contributed by atoms with Gasteiger partial charge in [-0.3, -0.25) is 4.79 Å². The third-order valence-electron chi connectivity index (χ3n) is 3.98. The van der Waals surface area contributed by atoms with E-state index in [2.05, 4.69) is 24.5 Å². The molecule has 3 nitrogen and oxygen atoms in total. The van der Waals surface area contributed by atoms with E-state index in [1.165, 1.54) is 12.8 Å². The van der Waals surface area contributed by atoms with Crippen LogP contribution in [-0.2, 0) is 4.79 Å². The number of amides is 1. The first-order valence-electron chi connectivity index (χ1n) is 6.11. The van der Waals surface area contributed by atoms with Gasteiger partial charge in [-0.1, -0.05) is 20.3 Å². The topological polar surface area (TPSA) is 41.1 Å². The second-order valence-corrected chi connectivity index (χ2v) is 5.63. The van der Waals surface area contributed by atoms with Crippen molar-refractivity contribution in [3.05, 3.63) is 0 Å². The van der Waals surface area contributed by atoms with Crippen LogP contribution in [0.4, 0.5) is 0 Å². The molecule has 2 N–H and O–H groups in total. The van der Waals surface area contributed by atoms with Crippen molar-refractivity contribution in [2.45, 2.75) is 45.6 Å². The third kappa shape index (κ3) is 2.33. The van der Waals surface area contributed by atoms with E-state index in [1.807, 2.05) is 0 Å². The largest absolute Gasteiger partial charge is 0.352 e. The summed E-state index contributed by atoms with van der Waals surface area (Å²) in [5, 5.41) is 6.45. The normalized spacial score (nSPS) is 34.3. The first kappa shape index (κ1) is 10.9. The Morgan fingerprint density at radius 2 is 2.20 bits per heavy atom. The number of carbonyl (C=O) groups excluding carboxylic acids is 1. The Kier molecular flexibility index (Phi) is 3.01. The summed E-state index contributed by atoms with van der Waals surface area (Å²) in [6.07, 6.45) is 4.54. The molecule has 86 valence electrons. The van der Waals surface area contributed by atoms with Crippen molar-refractivity contribution < 1.29 is 4.79 Å². The number of hydrogen-bond acceptors (Lipinski definition) is 2. The molecule has 2 fully saturated rings. The predicted molar refractivity (Wildman–Crippen MR) is 60.5 cm³/mol. The Morgan fingerprint density at radius 1 is 1.40 bits per heavy atom. The van der Waals surface area contributed by atoms with Crippen LogP contribution in [0.5, 0.6) is 0 Å². The van der Waals surface area contributed by atoms with Crippen LogP contribution >= 0.6 is 0 Å². The third-order valence-corrected chi connectivity index (χ3v) is 3.98. The van der Waals surface area contributed by atoms with E-state index in [4.69, 9.17) is 0 Å². The minimum atomic E-state index is 0.204. The molecule has 1 aliphatic carbocycles. The Hall–Kier alpha value is -0.570. The van der Waals surface area contributed by atoms with Crippen LogP contribution in [0, 0.1) is 11.3 Å². The fraction of sp³-hybridized carbons (Fsp3) is 0.917. The molecular weight excluding hydrogens is 188 g/mol. The van der Waals surface area contributed by atoms with Gasteiger partial charge in [0, 0.05) is 18.5 Å². The average Bonchev–Trinajstić information content (AvgIpc) is 2.73. The molecule has 1 heterocycles. The molecule has 1 unspecified atom stereocenters. The Labute approximate surface area is 92.0 Å². The molecule has 0 aromatic heterocycles. The summed E-state index contributed by atoms with van der Waals surface area (Å²) in [7, 11) is 0. The monoisotopic (exact) mass is 210 g/mol. The van der Waals surface area contributed by atoms with E-state index in [9.17, 15) is 4.79 Å². The van der Waals surface area contributed by atoms with Crippen LogP contribution in [0.25, 0.3) is 0 Å². The fourth-order valence-corrected chi connectivity index (χ4v) is 2.89. The summed E-state index contributed by atoms with van der Waals surface area (Å²) in [6.45, 7) is 6.42. The van der Waals surface area contributed by atoms with Crippen molar-refractivity contribution in [3.8, 4) is 0 Å². The van der Waals surface area contributed by atoms with Crippen molar-refractivity contribution in [3.63, 3.8) is 0 Å². The first-order valence-corrected chi connectivity index (χ1v) is 6.11. The van der Waals surface area contributed by atoms with E-state index < -0.39 is 0 Å². The van der Waals surface area contributed by atoms with Gasteiger partial charge < -0.3 is 10.6 Å². The molecule has 1 amide bonds. The summed E-state index contributed by atoms with van der Waals surface area (Å²) < 4.78 is 0. The molecule has 0 spiro atoms. The Morgan fingerprint density at radius 3 is 2.73 bits per heavy atom. The van der Waals surface area contributed by atoms with Crippen LogP contribution in [-0.4, -0.2) is 25.0 Å². The zero-order chi connectivity index (χ0) is 10.9. The van der Waals surface area contributed by atoms with Crippen LogP contribution in [0.1, 0.15) is 39.5 Å². The van der Waals surface area contributed by atoms with Crippen LogP contribution in [0.3, 0.4) is 0 Å². The molecule has 1 saturated heterocycles. The molecule has 2 atom stereocenters. The SMILES string of the molecule is CC1(C)CCCC1C(=O)N[C@@H]1CCNC1. The molecule has 15 heavy (non-hydrogen) atoms. The maximum Gasteiger partial charge on any atom is 0.223 e. The van der Waals surface area contributed by atoms with Crippen molar-refractivity contribution >= 4 is 5.91 Å². The Balaban J connectivity index is 1.89. The van der Waals surface area contributed by atoms with Crippen molar-refractivity contribution in [2.75, 3.05) is 13.1 Å². The number of rotatable bonds is 2. The van der Waals surface area contributed by atoms with Crippen molar-refractivity contribution in [2.24, 2.45) is 11.3 Å². The van der Waals surface area contributed by atoms with Gasteiger partial charge in [0.2, 0.25) is 5.91 Å². The van der Waals surface area contributed by atoms with Gasteiger partial charge in [0.05, 0.1) is 0 Å². The van der Waals surface area contributed by atoms with Gasteiger partial charge >= 0.3 is 0 Å². The van der Waals surface area contributed by atoms with Gasteiger partial charge in [-0.2, -0.15) is 0 Å². The minimum Gasteiger partial charge on any atom is -0.352 e. The summed E-state index contributed by atoms with van der Waals surface area (Å²) in [5.74, 6) is 0.518. The lowest BCUT2D eigenvalue weighted by molar-refractivity contribution is -0.128. The number of nitrogens with one attached hydrogen (secondary N) is 2. The molecule has 2 rings (SSSR count). The second kappa shape index (κ2) is 4.12. The summed E-state index contributed by atoms with van der Waals surface area (Å²) >= 11 is 0. The molecule has 2 aliphatic rings. The zero-order valence-electron chi connectivity index (χ0n) is 9.81. The Bertz CT molecular complexity index is 244. The van der Waals surface area contributed by atoms with E-state index in [-0.39, 0.29) is 17.2 Å². The molecule has 0 radical (unpaired) electrons. The molecule has 1 aliphatic heterocycles. The lowest BCUT2D eigenvalue weighted by atomic mass is 9.81. The molecule has 3 heteroatoms. The maximum atomic E-state index is 12.1. The smallest absolute Gasteiger partial charge is 0.223 e. The molecule has 1 saturated carbocycles. The van der Waals surface area contributed by atoms with Gasteiger partial charge in [-0.05, 0) is 31.2 Å². The summed E-state index contributed by atoms with van der Waals surface area (Å²) in [6, 6.07) is 0.369. The van der Waals surface area contributed by atoms with E-state index in [0.29, 0.717) is 6.04 Å². The second-order valence-electron chi connectivity index (χ2n) is 5.63. The molecule has 0 aromatic rings. The lowest BCUT2D eigenvalue weighted by Crippen LogP contribution is -2.42. The van der Waals surface area contributed by atoms with Gasteiger partial charge in [-0.25, -0.2) is 0 Å². The molecule has 0 aromatic carbocycles. The quantitative estimate of drug-likeness (QED) is 0.721. The highest BCUT2D eigenvalue weighted by atomic mass is 16.2. The minimum absolute atomic E-state index is 0.204. The maximum absolute atomic E-state index is 12.1. The van der Waals surface area contributed by atoms with Gasteiger partial charge in [-0.15, -0.1) is 0 Å². The number of carbonyl (C=O) groups is 1. The van der Waals surface area contributed by atoms with E-state index >= 15 is 0 Å². The molecule has 0 bridgehead atoms. The highest BCUT2D eigenvalue weighted by Crippen LogP contribution is 2.42. The highest BCUT2D eigenvalue weighted by molar-refractivity contribution is 5.80. The zero-order valence-corrected chi connectivity index (χ0v) is 9.81. The van der Waals surface area contributed by atoms with E-state index in [0.717, 1.165) is 25.9 Å². The highest BCUT2D eigenvalue weighted by Gasteiger charge is 2.39. The van der Waals surface area contributed by atoms with E-state index in [1.54, 1.807) is 0 Å². The van der Waals surface area contributed by atoms with Crippen LogP contribution in [0.15, 0.2) is 0 Å². The first-order chi connectivity index (χ1) is 7.09. The molecular formula is C12H22N2O. The predicted octanol–water partition coefficient (Wildman–Crippen LogP) is 1.29. The van der Waals surface area contributed by atoms with Crippen molar-refractivity contribution in [1.82, 2.24) is 10.6 Å². The lowest BCUT2D eigenvalue weighted by Gasteiger charge is -2.27. The standard InChI is InChI=1S/C12H22N2O/c1-12(2)6-3-4-10(12)11(15)14-9-5-7-13-8-9/h9-10,13H,3-8H2,1-2H3,(H,14,15)/t9-,10?/m1/s1. The average molecular weight is 210 g/mol. The van der Waals surface area contributed by atoms with Gasteiger partial charge in [0.25, 0.3) is 0 Å². The van der Waals surface area contributed by atoms with Crippen molar-refractivity contribution in [1.29, 1.82) is 0 Å². The van der Waals surface area contributed by atoms with Crippen LogP contribution in [0.2, 0.25) is 0 Å². The summed E-state index contributed by atoms with van der Waals surface area (Å²) in [4.78, 5) is 12.1.